The highest BCUT2D eigenvalue weighted by atomic mass is 16.3. The third-order valence-corrected chi connectivity index (χ3v) is 3.54. The molecule has 0 bridgehead atoms. The van der Waals surface area contributed by atoms with Crippen LogP contribution in [0.25, 0.3) is 0 Å². The molecule has 2 N–H and O–H groups in total. The van der Waals surface area contributed by atoms with Crippen LogP contribution in [0.5, 0.6) is 0 Å². The lowest BCUT2D eigenvalue weighted by atomic mass is 9.95. The molecule has 0 radical (unpaired) electrons. The van der Waals surface area contributed by atoms with E-state index in [1.165, 1.54) is 31.2 Å². The molecular formula is C13H21NO2. The molecule has 1 aliphatic carbocycles. The van der Waals surface area contributed by atoms with Gasteiger partial charge in [-0.2, -0.15) is 0 Å². The predicted octanol–water partition coefficient (Wildman–Crippen LogP) is 2.31. The van der Waals surface area contributed by atoms with Crippen LogP contribution in [0, 0.1) is 5.92 Å². The van der Waals surface area contributed by atoms with Crippen molar-refractivity contribution < 1.29 is 9.52 Å². The Labute approximate surface area is 96.8 Å². The first-order chi connectivity index (χ1) is 7.90. The summed E-state index contributed by atoms with van der Waals surface area (Å²) in [4.78, 5) is 0. The molecule has 1 heterocycles. The lowest BCUT2D eigenvalue weighted by Crippen LogP contribution is -2.36. The Morgan fingerprint density at radius 1 is 1.31 bits per heavy atom. The Balaban J connectivity index is 1.85. The van der Waals surface area contributed by atoms with Crippen molar-refractivity contribution in [2.75, 3.05) is 6.61 Å². The standard InChI is InChI=1S/C13H21NO2/c15-9-12-4-2-1-3-5-13(12)14-8-11-6-7-16-10-11/h6-7,10,12-15H,1-5,8-9H2. The first kappa shape index (κ1) is 11.7. The molecule has 1 aliphatic rings. The van der Waals surface area contributed by atoms with Crippen molar-refractivity contribution in [2.24, 2.45) is 5.92 Å². The van der Waals surface area contributed by atoms with Crippen molar-refractivity contribution in [1.82, 2.24) is 5.32 Å². The lowest BCUT2D eigenvalue weighted by Gasteiger charge is -2.24. The van der Waals surface area contributed by atoms with Gasteiger partial charge >= 0.3 is 0 Å². The molecule has 0 spiro atoms. The van der Waals surface area contributed by atoms with E-state index in [0.29, 0.717) is 18.6 Å². The molecule has 0 aromatic carbocycles. The molecule has 1 saturated carbocycles. The average Bonchev–Trinajstić information content (AvgIpc) is 2.71. The summed E-state index contributed by atoms with van der Waals surface area (Å²) in [6.07, 6.45) is 9.66. The second kappa shape index (κ2) is 6.06. The van der Waals surface area contributed by atoms with E-state index in [2.05, 4.69) is 5.32 Å². The summed E-state index contributed by atoms with van der Waals surface area (Å²) in [5, 5.41) is 12.9. The van der Waals surface area contributed by atoms with Gasteiger partial charge in [0.2, 0.25) is 0 Å². The fourth-order valence-electron chi connectivity index (χ4n) is 2.51. The van der Waals surface area contributed by atoms with Gasteiger partial charge in [-0.3, -0.25) is 0 Å². The van der Waals surface area contributed by atoms with Gasteiger partial charge in [-0.05, 0) is 24.8 Å². The van der Waals surface area contributed by atoms with Crippen LogP contribution < -0.4 is 5.32 Å². The monoisotopic (exact) mass is 223 g/mol. The molecule has 3 nitrogen and oxygen atoms in total. The normalized spacial score (nSPS) is 26.6. The fraction of sp³-hybridized carbons (Fsp3) is 0.692. The highest BCUT2D eigenvalue weighted by Crippen LogP contribution is 2.23. The summed E-state index contributed by atoms with van der Waals surface area (Å²) in [5.74, 6) is 0.425. The molecule has 1 fully saturated rings. The van der Waals surface area contributed by atoms with Gasteiger partial charge in [0.1, 0.15) is 0 Å². The molecule has 0 aliphatic heterocycles. The van der Waals surface area contributed by atoms with Crippen molar-refractivity contribution in [3.05, 3.63) is 24.2 Å². The van der Waals surface area contributed by atoms with Crippen LogP contribution in [0.2, 0.25) is 0 Å². The van der Waals surface area contributed by atoms with Crippen molar-refractivity contribution >= 4 is 0 Å². The Morgan fingerprint density at radius 2 is 2.19 bits per heavy atom. The zero-order chi connectivity index (χ0) is 11.2. The van der Waals surface area contributed by atoms with Crippen LogP contribution in [-0.4, -0.2) is 17.8 Å². The summed E-state index contributed by atoms with van der Waals surface area (Å²) in [6.45, 7) is 1.15. The Morgan fingerprint density at radius 3 is 2.94 bits per heavy atom. The van der Waals surface area contributed by atoms with Crippen LogP contribution in [0.1, 0.15) is 37.7 Å². The van der Waals surface area contributed by atoms with Gasteiger partial charge in [0.05, 0.1) is 12.5 Å². The smallest absolute Gasteiger partial charge is 0.0947 e. The molecular weight excluding hydrogens is 202 g/mol. The summed E-state index contributed by atoms with van der Waals surface area (Å²) < 4.78 is 5.04. The number of hydrogen-bond donors (Lipinski definition) is 2. The maximum absolute atomic E-state index is 9.39. The predicted molar refractivity (Wildman–Crippen MR) is 63.0 cm³/mol. The zero-order valence-corrected chi connectivity index (χ0v) is 9.69. The first-order valence-corrected chi connectivity index (χ1v) is 6.25. The number of aliphatic hydroxyl groups is 1. The van der Waals surface area contributed by atoms with E-state index >= 15 is 0 Å². The van der Waals surface area contributed by atoms with E-state index in [1.54, 1.807) is 12.5 Å². The van der Waals surface area contributed by atoms with Crippen LogP contribution in [0.4, 0.5) is 0 Å². The van der Waals surface area contributed by atoms with Gasteiger partial charge in [-0.25, -0.2) is 0 Å². The molecule has 0 amide bonds. The SMILES string of the molecule is OCC1CCCCCC1NCc1ccoc1. The summed E-state index contributed by atoms with van der Waals surface area (Å²) >= 11 is 0. The van der Waals surface area contributed by atoms with E-state index in [-0.39, 0.29) is 0 Å². The van der Waals surface area contributed by atoms with E-state index in [4.69, 9.17) is 4.42 Å². The number of aliphatic hydroxyl groups excluding tert-OH is 1. The van der Waals surface area contributed by atoms with E-state index in [0.717, 1.165) is 13.0 Å². The van der Waals surface area contributed by atoms with E-state index < -0.39 is 0 Å². The molecule has 3 heteroatoms. The Bertz CT molecular complexity index is 284. The second-order valence-corrected chi connectivity index (χ2v) is 4.70. The van der Waals surface area contributed by atoms with Crippen molar-refractivity contribution in [3.8, 4) is 0 Å². The van der Waals surface area contributed by atoms with Gasteiger partial charge in [-0.15, -0.1) is 0 Å². The summed E-state index contributed by atoms with van der Waals surface area (Å²) in [7, 11) is 0. The maximum atomic E-state index is 9.39. The molecule has 16 heavy (non-hydrogen) atoms. The first-order valence-electron chi connectivity index (χ1n) is 6.25. The van der Waals surface area contributed by atoms with Crippen LogP contribution in [0.3, 0.4) is 0 Å². The maximum Gasteiger partial charge on any atom is 0.0947 e. The van der Waals surface area contributed by atoms with Crippen LogP contribution in [-0.2, 0) is 6.54 Å². The summed E-state index contributed by atoms with van der Waals surface area (Å²) in [6, 6.07) is 2.44. The summed E-state index contributed by atoms with van der Waals surface area (Å²) in [5.41, 5.74) is 1.18. The van der Waals surface area contributed by atoms with Crippen molar-refractivity contribution in [3.63, 3.8) is 0 Å². The fourth-order valence-corrected chi connectivity index (χ4v) is 2.51. The lowest BCUT2D eigenvalue weighted by molar-refractivity contribution is 0.181. The van der Waals surface area contributed by atoms with Gasteiger partial charge in [0, 0.05) is 24.8 Å². The molecule has 2 unspecified atom stereocenters. The van der Waals surface area contributed by atoms with E-state index in [1.807, 2.05) is 6.07 Å². The topological polar surface area (TPSA) is 45.4 Å². The molecule has 2 rings (SSSR count). The van der Waals surface area contributed by atoms with Crippen LogP contribution >= 0.6 is 0 Å². The molecule has 90 valence electrons. The number of furan rings is 1. The number of nitrogens with one attached hydrogen (secondary N) is 1. The molecule has 1 aromatic heterocycles. The number of rotatable bonds is 4. The molecule has 0 saturated heterocycles. The molecule has 1 aromatic rings. The van der Waals surface area contributed by atoms with Crippen LogP contribution in [0.15, 0.2) is 23.0 Å². The van der Waals surface area contributed by atoms with Crippen molar-refractivity contribution in [2.45, 2.75) is 44.7 Å². The minimum absolute atomic E-state index is 0.309. The number of hydrogen-bond acceptors (Lipinski definition) is 3. The third-order valence-electron chi connectivity index (χ3n) is 3.54. The average molecular weight is 223 g/mol. The Kier molecular flexibility index (Phi) is 4.43. The van der Waals surface area contributed by atoms with Gasteiger partial charge in [0.25, 0.3) is 0 Å². The Hall–Kier alpha value is -0.800. The zero-order valence-electron chi connectivity index (χ0n) is 9.69. The highest BCUT2D eigenvalue weighted by Gasteiger charge is 2.22. The van der Waals surface area contributed by atoms with Gasteiger partial charge < -0.3 is 14.8 Å². The van der Waals surface area contributed by atoms with E-state index in [9.17, 15) is 5.11 Å². The minimum Gasteiger partial charge on any atom is -0.472 e. The largest absolute Gasteiger partial charge is 0.472 e. The third kappa shape index (κ3) is 3.09. The second-order valence-electron chi connectivity index (χ2n) is 4.70. The van der Waals surface area contributed by atoms with Gasteiger partial charge in [0.15, 0.2) is 0 Å². The molecule has 2 atom stereocenters. The quantitative estimate of drug-likeness (QED) is 0.770. The minimum atomic E-state index is 0.309. The highest BCUT2D eigenvalue weighted by molar-refractivity contribution is 5.04. The van der Waals surface area contributed by atoms with Crippen molar-refractivity contribution in [1.29, 1.82) is 0 Å². The van der Waals surface area contributed by atoms with Gasteiger partial charge in [-0.1, -0.05) is 19.3 Å².